The van der Waals surface area contributed by atoms with Gasteiger partial charge in [0.1, 0.15) is 0 Å². The van der Waals surface area contributed by atoms with Crippen molar-refractivity contribution in [1.82, 2.24) is 5.32 Å². The van der Waals surface area contributed by atoms with Crippen LogP contribution < -0.4 is 11.1 Å². The fourth-order valence-corrected chi connectivity index (χ4v) is 1.71. The van der Waals surface area contributed by atoms with Crippen LogP contribution in [0, 0.1) is 5.41 Å². The summed E-state index contributed by atoms with van der Waals surface area (Å²) >= 11 is 0. The lowest BCUT2D eigenvalue weighted by molar-refractivity contribution is -0.130. The zero-order chi connectivity index (χ0) is 11.6. The van der Waals surface area contributed by atoms with Gasteiger partial charge in [0.25, 0.3) is 0 Å². The van der Waals surface area contributed by atoms with E-state index in [-0.39, 0.29) is 23.5 Å². The summed E-state index contributed by atoms with van der Waals surface area (Å²) in [7, 11) is 0. The summed E-state index contributed by atoms with van der Waals surface area (Å²) in [5.74, 6) is -0.167. The number of hydrogen-bond acceptors (Lipinski definition) is 3. The standard InChI is InChI=1S/C11H20N2O2/c1-4-5-7(12)10(15)13-8-6-9(14)11(8,2)3/h4,7-9,14H,1,5-6,12H2,2-3H3,(H,13,15). The number of aliphatic hydroxyl groups is 1. The Morgan fingerprint density at radius 1 is 1.80 bits per heavy atom. The molecule has 1 aliphatic rings. The van der Waals surface area contributed by atoms with Crippen LogP contribution in [0.2, 0.25) is 0 Å². The van der Waals surface area contributed by atoms with E-state index in [9.17, 15) is 9.90 Å². The molecule has 0 aromatic carbocycles. The van der Waals surface area contributed by atoms with Crippen molar-refractivity contribution >= 4 is 5.91 Å². The van der Waals surface area contributed by atoms with E-state index in [0.717, 1.165) is 0 Å². The molecule has 0 aliphatic heterocycles. The summed E-state index contributed by atoms with van der Waals surface area (Å²) in [6.07, 6.45) is 2.38. The van der Waals surface area contributed by atoms with Gasteiger partial charge in [0.05, 0.1) is 12.1 Å². The van der Waals surface area contributed by atoms with Gasteiger partial charge in [-0.15, -0.1) is 6.58 Å². The van der Waals surface area contributed by atoms with Crippen LogP contribution in [0.25, 0.3) is 0 Å². The molecule has 3 unspecified atom stereocenters. The molecule has 1 rings (SSSR count). The van der Waals surface area contributed by atoms with Crippen LogP contribution in [0.1, 0.15) is 26.7 Å². The number of carbonyl (C=O) groups excluding carboxylic acids is 1. The van der Waals surface area contributed by atoms with Gasteiger partial charge in [-0.1, -0.05) is 19.9 Å². The molecule has 0 spiro atoms. The molecule has 0 radical (unpaired) electrons. The average molecular weight is 212 g/mol. The van der Waals surface area contributed by atoms with E-state index in [1.54, 1.807) is 6.08 Å². The van der Waals surface area contributed by atoms with E-state index >= 15 is 0 Å². The molecule has 1 aliphatic carbocycles. The molecule has 0 bridgehead atoms. The SMILES string of the molecule is C=CCC(N)C(=O)NC1CC(O)C1(C)C. The quantitative estimate of drug-likeness (QED) is 0.581. The van der Waals surface area contributed by atoms with E-state index in [0.29, 0.717) is 12.8 Å². The van der Waals surface area contributed by atoms with Crippen LogP contribution in [0.3, 0.4) is 0 Å². The Hall–Kier alpha value is -0.870. The monoisotopic (exact) mass is 212 g/mol. The molecular formula is C11H20N2O2. The lowest BCUT2D eigenvalue weighted by Crippen LogP contribution is -2.62. The van der Waals surface area contributed by atoms with E-state index in [1.807, 2.05) is 13.8 Å². The van der Waals surface area contributed by atoms with Gasteiger partial charge in [0.2, 0.25) is 5.91 Å². The molecule has 15 heavy (non-hydrogen) atoms. The second kappa shape index (κ2) is 4.33. The van der Waals surface area contributed by atoms with E-state index < -0.39 is 6.04 Å². The summed E-state index contributed by atoms with van der Waals surface area (Å²) in [6.45, 7) is 7.41. The predicted molar refractivity (Wildman–Crippen MR) is 59.1 cm³/mol. The predicted octanol–water partition coefficient (Wildman–Crippen LogP) is 0.165. The number of amides is 1. The summed E-state index contributed by atoms with van der Waals surface area (Å²) in [6, 6.07) is -0.507. The highest BCUT2D eigenvalue weighted by Crippen LogP contribution is 2.40. The van der Waals surface area contributed by atoms with Crippen LogP contribution in [-0.4, -0.2) is 29.2 Å². The minimum Gasteiger partial charge on any atom is -0.392 e. The number of rotatable bonds is 4. The summed E-state index contributed by atoms with van der Waals surface area (Å²) in [5.41, 5.74) is 5.39. The normalized spacial score (nSPS) is 30.1. The van der Waals surface area contributed by atoms with Crippen molar-refractivity contribution in [3.63, 3.8) is 0 Å². The highest BCUT2D eigenvalue weighted by molar-refractivity contribution is 5.82. The first kappa shape index (κ1) is 12.2. The molecule has 0 aromatic rings. The van der Waals surface area contributed by atoms with Crippen molar-refractivity contribution in [3.8, 4) is 0 Å². The molecular weight excluding hydrogens is 192 g/mol. The van der Waals surface area contributed by atoms with Crippen molar-refractivity contribution in [3.05, 3.63) is 12.7 Å². The van der Waals surface area contributed by atoms with Crippen molar-refractivity contribution in [2.75, 3.05) is 0 Å². The number of aliphatic hydroxyl groups excluding tert-OH is 1. The van der Waals surface area contributed by atoms with Crippen LogP contribution in [0.5, 0.6) is 0 Å². The number of nitrogens with two attached hydrogens (primary N) is 1. The zero-order valence-electron chi connectivity index (χ0n) is 9.36. The Morgan fingerprint density at radius 3 is 2.80 bits per heavy atom. The van der Waals surface area contributed by atoms with Crippen LogP contribution in [0.4, 0.5) is 0 Å². The number of nitrogens with one attached hydrogen (secondary N) is 1. The highest BCUT2D eigenvalue weighted by Gasteiger charge is 2.48. The first-order valence-electron chi connectivity index (χ1n) is 5.24. The summed E-state index contributed by atoms with van der Waals surface area (Å²) < 4.78 is 0. The molecule has 1 saturated carbocycles. The number of hydrogen-bond donors (Lipinski definition) is 3. The van der Waals surface area contributed by atoms with Crippen LogP contribution >= 0.6 is 0 Å². The minimum absolute atomic E-state index is 0.0239. The van der Waals surface area contributed by atoms with Gasteiger partial charge in [0.15, 0.2) is 0 Å². The van der Waals surface area contributed by atoms with E-state index in [4.69, 9.17) is 5.73 Å². The Kier molecular flexibility index (Phi) is 3.52. The van der Waals surface area contributed by atoms with Crippen molar-refractivity contribution in [1.29, 1.82) is 0 Å². The molecule has 4 N–H and O–H groups in total. The molecule has 3 atom stereocenters. The third-order valence-electron chi connectivity index (χ3n) is 3.29. The molecule has 0 saturated heterocycles. The fraction of sp³-hybridized carbons (Fsp3) is 0.727. The third kappa shape index (κ3) is 2.38. The largest absolute Gasteiger partial charge is 0.392 e. The smallest absolute Gasteiger partial charge is 0.237 e. The average Bonchev–Trinajstić information content (AvgIpc) is 2.17. The lowest BCUT2D eigenvalue weighted by atomic mass is 9.64. The minimum atomic E-state index is -0.531. The molecule has 4 nitrogen and oxygen atoms in total. The van der Waals surface area contributed by atoms with Gasteiger partial charge in [0, 0.05) is 11.5 Å². The van der Waals surface area contributed by atoms with Crippen molar-refractivity contribution < 1.29 is 9.90 Å². The van der Waals surface area contributed by atoms with Gasteiger partial charge in [-0.2, -0.15) is 0 Å². The second-order valence-corrected chi connectivity index (χ2v) is 4.76. The van der Waals surface area contributed by atoms with Gasteiger partial charge in [-0.3, -0.25) is 4.79 Å². The topological polar surface area (TPSA) is 75.4 Å². The molecule has 0 aromatic heterocycles. The molecule has 4 heteroatoms. The Balaban J connectivity index is 2.43. The summed E-state index contributed by atoms with van der Waals surface area (Å²) in [4.78, 5) is 11.6. The van der Waals surface area contributed by atoms with Crippen LogP contribution in [0.15, 0.2) is 12.7 Å². The van der Waals surface area contributed by atoms with E-state index in [1.165, 1.54) is 0 Å². The van der Waals surface area contributed by atoms with E-state index in [2.05, 4.69) is 11.9 Å². The first-order chi connectivity index (χ1) is 6.89. The van der Waals surface area contributed by atoms with Gasteiger partial charge >= 0.3 is 0 Å². The maximum atomic E-state index is 11.6. The summed E-state index contributed by atoms with van der Waals surface area (Å²) in [5, 5.41) is 12.4. The van der Waals surface area contributed by atoms with Gasteiger partial charge < -0.3 is 16.2 Å². The Labute approximate surface area is 90.5 Å². The number of carbonyl (C=O) groups is 1. The Morgan fingerprint density at radius 2 is 2.40 bits per heavy atom. The maximum Gasteiger partial charge on any atom is 0.237 e. The first-order valence-corrected chi connectivity index (χ1v) is 5.24. The lowest BCUT2D eigenvalue weighted by Gasteiger charge is -2.49. The van der Waals surface area contributed by atoms with Crippen molar-refractivity contribution in [2.24, 2.45) is 11.1 Å². The fourth-order valence-electron chi connectivity index (χ4n) is 1.71. The third-order valence-corrected chi connectivity index (χ3v) is 3.29. The second-order valence-electron chi connectivity index (χ2n) is 4.76. The maximum absolute atomic E-state index is 11.6. The van der Waals surface area contributed by atoms with Crippen LogP contribution in [-0.2, 0) is 4.79 Å². The molecule has 0 heterocycles. The highest BCUT2D eigenvalue weighted by atomic mass is 16.3. The molecule has 86 valence electrons. The van der Waals surface area contributed by atoms with Gasteiger partial charge in [-0.05, 0) is 12.8 Å². The van der Waals surface area contributed by atoms with Gasteiger partial charge in [-0.25, -0.2) is 0 Å². The molecule has 1 fully saturated rings. The molecule has 1 amide bonds. The Bertz CT molecular complexity index is 263. The zero-order valence-corrected chi connectivity index (χ0v) is 9.36. The van der Waals surface area contributed by atoms with Crippen molar-refractivity contribution in [2.45, 2.75) is 44.9 Å².